The first-order valence-corrected chi connectivity index (χ1v) is 8.87. The molecule has 3 nitrogen and oxygen atoms in total. The first kappa shape index (κ1) is 17.6. The fourth-order valence-electron chi connectivity index (χ4n) is 4.07. The summed E-state index contributed by atoms with van der Waals surface area (Å²) in [4.78, 5) is 0. The Morgan fingerprint density at radius 2 is 2.08 bits per heavy atom. The molecule has 0 bridgehead atoms. The number of phenols is 1. The van der Waals surface area contributed by atoms with Crippen molar-refractivity contribution in [2.45, 2.75) is 25.8 Å². The molecule has 3 heteroatoms. The van der Waals surface area contributed by atoms with E-state index in [2.05, 4.69) is 44.8 Å². The van der Waals surface area contributed by atoms with E-state index < -0.39 is 0 Å². The Morgan fingerprint density at radius 3 is 2.76 bits per heavy atom. The summed E-state index contributed by atoms with van der Waals surface area (Å²) in [6.07, 6.45) is 4.02. The van der Waals surface area contributed by atoms with Gasteiger partial charge in [0.05, 0.1) is 27.2 Å². The van der Waals surface area contributed by atoms with Gasteiger partial charge in [0, 0.05) is 18.4 Å². The summed E-state index contributed by atoms with van der Waals surface area (Å²) in [6, 6.07) is 12.9. The number of fused-ring (bicyclic) bond motifs is 1. The number of nitrogens with zero attached hydrogens (tertiary/aromatic N) is 1. The minimum atomic E-state index is 0.206. The van der Waals surface area contributed by atoms with Crippen LogP contribution < -0.4 is 4.74 Å². The SMILES string of the molecule is C=CC[N@@+]1(C)CCc2cc(C)ccc2[C@@H]1Cc1ccc(OC)c(O)c1. The average molecular weight is 338 g/mol. The average Bonchev–Trinajstić information content (AvgIpc) is 2.58. The van der Waals surface area contributed by atoms with Gasteiger partial charge in [-0.15, -0.1) is 0 Å². The molecule has 1 N–H and O–H groups in total. The maximum atomic E-state index is 10.1. The molecular weight excluding hydrogens is 310 g/mol. The molecule has 132 valence electrons. The van der Waals surface area contributed by atoms with Crippen LogP contribution in [-0.4, -0.2) is 36.8 Å². The number of hydrogen-bond acceptors (Lipinski definition) is 2. The molecule has 0 aromatic heterocycles. The molecule has 0 amide bonds. The molecule has 0 unspecified atom stereocenters. The number of rotatable bonds is 5. The van der Waals surface area contributed by atoms with Crippen molar-refractivity contribution in [2.75, 3.05) is 27.2 Å². The summed E-state index contributed by atoms with van der Waals surface area (Å²) in [6.45, 7) is 8.18. The van der Waals surface area contributed by atoms with Crippen LogP contribution in [0.1, 0.15) is 28.3 Å². The van der Waals surface area contributed by atoms with Crippen molar-refractivity contribution in [1.29, 1.82) is 0 Å². The zero-order valence-electron chi connectivity index (χ0n) is 15.5. The fourth-order valence-corrected chi connectivity index (χ4v) is 4.07. The third kappa shape index (κ3) is 3.42. The van der Waals surface area contributed by atoms with E-state index in [9.17, 15) is 5.11 Å². The summed E-state index contributed by atoms with van der Waals surface area (Å²) in [5.74, 6) is 0.727. The van der Waals surface area contributed by atoms with Crippen LogP contribution in [0, 0.1) is 6.92 Å². The molecule has 0 radical (unpaired) electrons. The van der Waals surface area contributed by atoms with Gasteiger partial charge in [-0.3, -0.25) is 0 Å². The topological polar surface area (TPSA) is 29.5 Å². The molecule has 2 aromatic carbocycles. The molecule has 3 rings (SSSR count). The highest BCUT2D eigenvalue weighted by atomic mass is 16.5. The largest absolute Gasteiger partial charge is 0.504 e. The molecule has 2 atom stereocenters. The van der Waals surface area contributed by atoms with E-state index in [1.165, 1.54) is 16.7 Å². The lowest BCUT2D eigenvalue weighted by Crippen LogP contribution is -2.52. The van der Waals surface area contributed by atoms with Crippen molar-refractivity contribution in [3.8, 4) is 11.5 Å². The number of aromatic hydroxyl groups is 1. The van der Waals surface area contributed by atoms with Gasteiger partial charge in [-0.1, -0.05) is 36.4 Å². The molecular formula is C22H28NO2+. The lowest BCUT2D eigenvalue weighted by molar-refractivity contribution is -0.936. The third-order valence-corrected chi connectivity index (χ3v) is 5.52. The molecule has 1 aliphatic heterocycles. The number of benzene rings is 2. The van der Waals surface area contributed by atoms with Gasteiger partial charge in [-0.2, -0.15) is 0 Å². The number of aryl methyl sites for hydroxylation is 1. The molecule has 0 saturated heterocycles. The normalized spacial score (nSPS) is 22.3. The number of methoxy groups -OCH3 is 1. The van der Waals surface area contributed by atoms with E-state index in [1.54, 1.807) is 7.11 Å². The summed E-state index contributed by atoms with van der Waals surface area (Å²) < 4.78 is 6.12. The Morgan fingerprint density at radius 1 is 1.28 bits per heavy atom. The zero-order valence-corrected chi connectivity index (χ0v) is 15.5. The number of hydrogen-bond donors (Lipinski definition) is 1. The summed E-state index contributed by atoms with van der Waals surface area (Å²) >= 11 is 0. The lowest BCUT2D eigenvalue weighted by Gasteiger charge is -2.45. The van der Waals surface area contributed by atoms with Crippen molar-refractivity contribution in [2.24, 2.45) is 0 Å². The highest BCUT2D eigenvalue weighted by Crippen LogP contribution is 2.38. The monoisotopic (exact) mass is 338 g/mol. The van der Waals surface area contributed by atoms with Gasteiger partial charge in [0.2, 0.25) is 0 Å². The maximum Gasteiger partial charge on any atom is 0.160 e. The fraction of sp³-hybridized carbons (Fsp3) is 0.364. The Bertz CT molecular complexity index is 784. The first-order valence-electron chi connectivity index (χ1n) is 8.87. The highest BCUT2D eigenvalue weighted by molar-refractivity contribution is 5.43. The summed E-state index contributed by atoms with van der Waals surface area (Å²) in [5.41, 5.74) is 5.34. The van der Waals surface area contributed by atoms with Crippen LogP contribution in [-0.2, 0) is 12.8 Å². The summed E-state index contributed by atoms with van der Waals surface area (Å²) in [7, 11) is 3.89. The van der Waals surface area contributed by atoms with E-state index in [-0.39, 0.29) is 5.75 Å². The molecule has 0 saturated carbocycles. The second kappa shape index (κ2) is 6.93. The number of likely N-dealkylation sites (N-methyl/N-ethyl adjacent to an activating group) is 1. The number of quaternary nitrogens is 1. The molecule has 0 spiro atoms. The molecule has 1 aliphatic rings. The zero-order chi connectivity index (χ0) is 18.0. The van der Waals surface area contributed by atoms with Gasteiger partial charge >= 0.3 is 0 Å². The second-order valence-corrected chi connectivity index (χ2v) is 7.35. The van der Waals surface area contributed by atoms with E-state index in [0.29, 0.717) is 11.8 Å². The van der Waals surface area contributed by atoms with Crippen LogP contribution >= 0.6 is 0 Å². The molecule has 1 heterocycles. The minimum Gasteiger partial charge on any atom is -0.504 e. The van der Waals surface area contributed by atoms with Crippen LogP contribution in [0.2, 0.25) is 0 Å². The summed E-state index contributed by atoms with van der Waals surface area (Å²) in [5, 5.41) is 10.1. The molecule has 25 heavy (non-hydrogen) atoms. The Hall–Kier alpha value is -2.26. The van der Waals surface area contributed by atoms with Gasteiger partial charge in [-0.05, 0) is 36.3 Å². The van der Waals surface area contributed by atoms with Gasteiger partial charge in [-0.25, -0.2) is 0 Å². The first-order chi connectivity index (χ1) is 12.0. The van der Waals surface area contributed by atoms with Gasteiger partial charge in [0.1, 0.15) is 6.04 Å². The Labute approximate surface area is 150 Å². The van der Waals surface area contributed by atoms with Crippen molar-refractivity contribution in [1.82, 2.24) is 0 Å². The van der Waals surface area contributed by atoms with Crippen molar-refractivity contribution >= 4 is 0 Å². The predicted octanol–water partition coefficient (Wildman–Crippen LogP) is 4.18. The van der Waals surface area contributed by atoms with Crippen molar-refractivity contribution < 1.29 is 14.3 Å². The maximum absolute atomic E-state index is 10.1. The third-order valence-electron chi connectivity index (χ3n) is 5.52. The van der Waals surface area contributed by atoms with Crippen LogP contribution in [0.5, 0.6) is 11.5 Å². The Balaban J connectivity index is 2.00. The Kier molecular flexibility index (Phi) is 4.87. The predicted molar refractivity (Wildman–Crippen MR) is 102 cm³/mol. The van der Waals surface area contributed by atoms with Crippen molar-refractivity contribution in [3.63, 3.8) is 0 Å². The van der Waals surface area contributed by atoms with Gasteiger partial charge < -0.3 is 14.3 Å². The van der Waals surface area contributed by atoms with Gasteiger partial charge in [0.15, 0.2) is 11.5 Å². The number of phenolic OH excluding ortho intramolecular Hbond substituents is 1. The minimum absolute atomic E-state index is 0.206. The standard InChI is InChI=1S/C22H27NO2/c1-5-11-23(3)12-10-18-13-16(2)6-8-19(18)20(23)14-17-7-9-22(25-4)21(24)15-17/h5-9,13,15,20H,1,10-12,14H2,2-4H3/p+1/t20-,23-/m0/s1. The molecule has 2 aromatic rings. The van der Waals surface area contributed by atoms with Gasteiger partial charge in [0.25, 0.3) is 0 Å². The quantitative estimate of drug-likeness (QED) is 0.654. The van der Waals surface area contributed by atoms with Crippen LogP contribution in [0.4, 0.5) is 0 Å². The molecule has 0 aliphatic carbocycles. The lowest BCUT2D eigenvalue weighted by atomic mass is 9.86. The molecule has 0 fully saturated rings. The van der Waals surface area contributed by atoms with Crippen LogP contribution in [0.15, 0.2) is 49.1 Å². The van der Waals surface area contributed by atoms with E-state index in [1.807, 2.05) is 18.2 Å². The van der Waals surface area contributed by atoms with E-state index in [0.717, 1.165) is 36.0 Å². The van der Waals surface area contributed by atoms with Crippen LogP contribution in [0.3, 0.4) is 0 Å². The number of ether oxygens (including phenoxy) is 1. The van der Waals surface area contributed by atoms with E-state index >= 15 is 0 Å². The second-order valence-electron chi connectivity index (χ2n) is 7.35. The van der Waals surface area contributed by atoms with Crippen molar-refractivity contribution in [3.05, 3.63) is 71.3 Å². The smallest absolute Gasteiger partial charge is 0.160 e. The van der Waals surface area contributed by atoms with E-state index in [4.69, 9.17) is 4.74 Å². The van der Waals surface area contributed by atoms with Crippen LogP contribution in [0.25, 0.3) is 0 Å². The highest BCUT2D eigenvalue weighted by Gasteiger charge is 2.38.